The number of aromatic nitrogens is 3. The molecule has 2 amide bonds. The van der Waals surface area contributed by atoms with Gasteiger partial charge >= 0.3 is 12.3 Å². The van der Waals surface area contributed by atoms with E-state index in [2.05, 4.69) is 20.7 Å². The lowest BCUT2D eigenvalue weighted by atomic mass is 9.91. The molecule has 2 N–H and O–H groups in total. The lowest BCUT2D eigenvalue weighted by molar-refractivity contribution is -0.141. The first-order chi connectivity index (χ1) is 17.8. The van der Waals surface area contributed by atoms with Crippen LogP contribution in [0.1, 0.15) is 68.7 Å². The van der Waals surface area contributed by atoms with E-state index in [1.54, 1.807) is 12.1 Å². The molecule has 1 saturated carbocycles. The molecule has 0 bridgehead atoms. The number of hydrogen-bond donors (Lipinski definition) is 2. The second-order valence-corrected chi connectivity index (χ2v) is 10.2. The van der Waals surface area contributed by atoms with Gasteiger partial charge in [0, 0.05) is 23.7 Å². The van der Waals surface area contributed by atoms with Crippen molar-refractivity contribution in [3.05, 3.63) is 47.9 Å². The van der Waals surface area contributed by atoms with Crippen LogP contribution >= 0.6 is 0 Å². The summed E-state index contributed by atoms with van der Waals surface area (Å²) in [6.07, 6.45) is -0.0742. The molecule has 0 saturated heterocycles. The van der Waals surface area contributed by atoms with Crippen LogP contribution < -0.4 is 15.4 Å². The number of anilines is 1. The number of methoxy groups -OCH3 is 1. The summed E-state index contributed by atoms with van der Waals surface area (Å²) >= 11 is 0. The lowest BCUT2D eigenvalue weighted by Gasteiger charge is -2.30. The van der Waals surface area contributed by atoms with Crippen LogP contribution in [0.25, 0.3) is 10.9 Å². The Morgan fingerprint density at radius 3 is 2.42 bits per heavy atom. The van der Waals surface area contributed by atoms with Crippen LogP contribution in [0.2, 0.25) is 0 Å². The highest BCUT2D eigenvalue weighted by atomic mass is 19.4. The van der Waals surface area contributed by atoms with Crippen LogP contribution in [0.3, 0.4) is 0 Å². The Balaban J connectivity index is 1.46. The topological polar surface area (TPSA) is 107 Å². The van der Waals surface area contributed by atoms with Gasteiger partial charge in [0.25, 0.3) is 5.91 Å². The van der Waals surface area contributed by atoms with Gasteiger partial charge in [-0.15, -0.1) is 0 Å². The van der Waals surface area contributed by atoms with Gasteiger partial charge in [0.05, 0.1) is 24.4 Å². The molecule has 3 aromatic rings. The van der Waals surface area contributed by atoms with Crippen molar-refractivity contribution < 1.29 is 32.2 Å². The number of alkyl halides is 3. The van der Waals surface area contributed by atoms with Crippen molar-refractivity contribution in [3.8, 4) is 5.75 Å². The minimum Gasteiger partial charge on any atom is -0.494 e. The molecule has 9 nitrogen and oxygen atoms in total. The van der Waals surface area contributed by atoms with Gasteiger partial charge in [-0.3, -0.25) is 9.48 Å². The van der Waals surface area contributed by atoms with Crippen molar-refractivity contribution in [1.29, 1.82) is 0 Å². The van der Waals surface area contributed by atoms with Gasteiger partial charge in [-0.25, -0.2) is 9.78 Å². The van der Waals surface area contributed by atoms with Gasteiger partial charge in [-0.1, -0.05) is 6.07 Å². The van der Waals surface area contributed by atoms with Gasteiger partial charge in [0.1, 0.15) is 22.7 Å². The average molecular weight is 534 g/mol. The Morgan fingerprint density at radius 2 is 1.79 bits per heavy atom. The zero-order valence-corrected chi connectivity index (χ0v) is 21.6. The monoisotopic (exact) mass is 533 g/mol. The van der Waals surface area contributed by atoms with E-state index in [1.807, 2.05) is 31.6 Å². The Hall–Kier alpha value is -3.83. The van der Waals surface area contributed by atoms with E-state index >= 15 is 0 Å². The van der Waals surface area contributed by atoms with Gasteiger partial charge in [-0.05, 0) is 64.7 Å². The molecule has 0 atom stereocenters. The number of fused-ring (bicyclic) bond motifs is 1. The predicted molar refractivity (Wildman–Crippen MR) is 134 cm³/mol. The van der Waals surface area contributed by atoms with E-state index in [0.29, 0.717) is 11.3 Å². The summed E-state index contributed by atoms with van der Waals surface area (Å²) in [5.74, 6) is -0.481. The minimum atomic E-state index is -4.66. The van der Waals surface area contributed by atoms with E-state index in [9.17, 15) is 22.8 Å². The number of hydrogen-bond acceptors (Lipinski definition) is 6. The molecule has 204 valence electrons. The van der Waals surface area contributed by atoms with Crippen molar-refractivity contribution in [2.75, 3.05) is 12.4 Å². The highest BCUT2D eigenvalue weighted by Gasteiger charge is 2.33. The second-order valence-electron chi connectivity index (χ2n) is 10.2. The van der Waals surface area contributed by atoms with E-state index in [1.165, 1.54) is 13.2 Å². The number of ether oxygens (including phenoxy) is 2. The summed E-state index contributed by atoms with van der Waals surface area (Å²) in [6.45, 7) is 5.46. The summed E-state index contributed by atoms with van der Waals surface area (Å²) < 4.78 is 51.6. The fourth-order valence-corrected chi connectivity index (χ4v) is 4.39. The van der Waals surface area contributed by atoms with Crippen LogP contribution in [0.5, 0.6) is 5.75 Å². The van der Waals surface area contributed by atoms with E-state index in [-0.39, 0.29) is 23.5 Å². The van der Waals surface area contributed by atoms with E-state index in [4.69, 9.17) is 9.47 Å². The van der Waals surface area contributed by atoms with Crippen molar-refractivity contribution in [2.45, 2.75) is 70.3 Å². The van der Waals surface area contributed by atoms with Crippen LogP contribution in [-0.4, -0.2) is 45.5 Å². The summed E-state index contributed by atoms with van der Waals surface area (Å²) in [6, 6.07) is 6.62. The van der Waals surface area contributed by atoms with E-state index < -0.39 is 29.5 Å². The SMILES string of the molecule is COc1cc2nn(C3CCC(NC(=O)OC(C)(C)C)CC3)cc2cc1NC(=O)c1cccc(C(F)(F)F)n1. The fraction of sp³-hybridized carbons (Fsp3) is 0.462. The Morgan fingerprint density at radius 1 is 1.08 bits per heavy atom. The maximum atomic E-state index is 13.0. The number of alkyl carbamates (subject to hydrolysis) is 1. The third-order valence-electron chi connectivity index (χ3n) is 6.16. The highest BCUT2D eigenvalue weighted by Crippen LogP contribution is 2.34. The van der Waals surface area contributed by atoms with Crippen molar-refractivity contribution >= 4 is 28.6 Å². The zero-order chi connectivity index (χ0) is 27.7. The molecule has 0 aliphatic heterocycles. The number of carbonyl (C=O) groups is 2. The fourth-order valence-electron chi connectivity index (χ4n) is 4.39. The first kappa shape index (κ1) is 27.2. The molecular formula is C26H30F3N5O4. The van der Waals surface area contributed by atoms with Gasteiger partial charge in [0.15, 0.2) is 0 Å². The molecular weight excluding hydrogens is 503 g/mol. The number of carbonyl (C=O) groups excluding carboxylic acids is 2. The molecule has 0 spiro atoms. The molecule has 2 heterocycles. The molecule has 1 aromatic carbocycles. The molecule has 4 rings (SSSR count). The molecule has 12 heteroatoms. The summed E-state index contributed by atoms with van der Waals surface area (Å²) in [4.78, 5) is 28.2. The van der Waals surface area contributed by atoms with Crippen LogP contribution in [0.4, 0.5) is 23.7 Å². The predicted octanol–water partition coefficient (Wildman–Crippen LogP) is 5.72. The smallest absolute Gasteiger partial charge is 0.433 e. The molecule has 0 unspecified atom stereocenters. The Kier molecular flexibility index (Phi) is 7.52. The Labute approximate surface area is 217 Å². The van der Waals surface area contributed by atoms with Crippen LogP contribution in [0, 0.1) is 0 Å². The van der Waals surface area contributed by atoms with Gasteiger partial charge in [0.2, 0.25) is 0 Å². The lowest BCUT2D eigenvalue weighted by Crippen LogP contribution is -2.41. The summed E-state index contributed by atoms with van der Waals surface area (Å²) in [5.41, 5.74) is -1.14. The minimum absolute atomic E-state index is 0.0254. The maximum Gasteiger partial charge on any atom is 0.433 e. The number of nitrogens with one attached hydrogen (secondary N) is 2. The zero-order valence-electron chi connectivity index (χ0n) is 21.6. The first-order valence-electron chi connectivity index (χ1n) is 12.2. The maximum absolute atomic E-state index is 13.0. The summed E-state index contributed by atoms with van der Waals surface area (Å²) in [7, 11) is 1.43. The van der Waals surface area contributed by atoms with E-state index in [0.717, 1.165) is 43.2 Å². The largest absolute Gasteiger partial charge is 0.494 e. The van der Waals surface area contributed by atoms with Gasteiger partial charge in [-0.2, -0.15) is 18.3 Å². The number of benzene rings is 1. The highest BCUT2D eigenvalue weighted by molar-refractivity contribution is 6.05. The molecule has 1 aliphatic rings. The van der Waals surface area contributed by atoms with Crippen molar-refractivity contribution in [3.63, 3.8) is 0 Å². The second kappa shape index (κ2) is 10.5. The standard InChI is InChI=1S/C26H30F3N5O4/c1-25(2,3)38-24(36)30-16-8-10-17(11-9-16)34-14-15-12-20(21(37-4)13-19(15)33-34)32-23(35)18-6-5-7-22(31-18)26(27,28)29/h5-7,12-14,16-17H,8-11H2,1-4H3,(H,30,36)(H,32,35). The third-order valence-corrected chi connectivity index (χ3v) is 6.16. The number of rotatable bonds is 5. The molecule has 1 aliphatic carbocycles. The first-order valence-corrected chi connectivity index (χ1v) is 12.2. The third kappa shape index (κ3) is 6.53. The normalized spacial score (nSPS) is 18.2. The number of pyridine rings is 1. The van der Waals surface area contributed by atoms with Crippen molar-refractivity contribution in [2.24, 2.45) is 0 Å². The number of amides is 2. The number of halogens is 3. The van der Waals surface area contributed by atoms with Crippen LogP contribution in [-0.2, 0) is 10.9 Å². The quantitative estimate of drug-likeness (QED) is 0.435. The molecule has 0 radical (unpaired) electrons. The van der Waals surface area contributed by atoms with Gasteiger partial charge < -0.3 is 20.1 Å². The Bertz CT molecular complexity index is 1320. The number of nitrogens with zero attached hydrogens (tertiary/aromatic N) is 3. The molecule has 2 aromatic heterocycles. The molecule has 38 heavy (non-hydrogen) atoms. The molecule has 1 fully saturated rings. The average Bonchev–Trinajstić information content (AvgIpc) is 3.25. The van der Waals surface area contributed by atoms with Crippen molar-refractivity contribution in [1.82, 2.24) is 20.1 Å². The van der Waals surface area contributed by atoms with Crippen LogP contribution in [0.15, 0.2) is 36.5 Å². The summed E-state index contributed by atoms with van der Waals surface area (Å²) in [5, 5.41) is 10.9.